The van der Waals surface area contributed by atoms with Crippen molar-refractivity contribution >= 4 is 78.9 Å². The Bertz CT molecular complexity index is 1730. The van der Waals surface area contributed by atoms with E-state index < -0.39 is 33.3 Å². The van der Waals surface area contributed by atoms with Gasteiger partial charge < -0.3 is 4.90 Å². The number of thiophene rings is 1. The second kappa shape index (κ2) is 9.77. The molecule has 2 amide bonds. The number of carbonyl (C=O) groups is 2. The summed E-state index contributed by atoms with van der Waals surface area (Å²) in [6.07, 6.45) is 2.07. The molecule has 0 aliphatic carbocycles. The average Bonchev–Trinajstić information content (AvgIpc) is 3.32. The Labute approximate surface area is 230 Å². The third-order valence-corrected chi connectivity index (χ3v) is 9.57. The lowest BCUT2D eigenvalue weighted by atomic mass is 10.0. The third kappa shape index (κ3) is 4.80. The maximum Gasteiger partial charge on any atom is 0.352 e. The SMILES string of the molecule is O=C(/C=C/c1cccc2c1N(Cc1ccc3ccccc3c1)C(=O)C2(F)F)NS(=O)(=O)c1cc(Cl)c(Cl)s1. The van der Waals surface area contributed by atoms with E-state index in [1.165, 1.54) is 18.2 Å². The number of nitrogens with zero attached hydrogens (tertiary/aromatic N) is 1. The zero-order chi connectivity index (χ0) is 27.2. The van der Waals surface area contributed by atoms with Gasteiger partial charge in [0.2, 0.25) is 0 Å². The van der Waals surface area contributed by atoms with E-state index in [1.54, 1.807) is 6.07 Å². The third-order valence-electron chi connectivity index (χ3n) is 5.88. The second-order valence-corrected chi connectivity index (χ2v) is 12.4. The monoisotopic (exact) mass is 592 g/mol. The number of nitrogens with one attached hydrogen (secondary N) is 1. The van der Waals surface area contributed by atoms with Crippen LogP contribution < -0.4 is 9.62 Å². The number of hydrogen-bond acceptors (Lipinski definition) is 5. The van der Waals surface area contributed by atoms with Gasteiger partial charge in [-0.3, -0.25) is 9.59 Å². The van der Waals surface area contributed by atoms with Crippen LogP contribution in [0.1, 0.15) is 16.7 Å². The fourth-order valence-corrected chi connectivity index (χ4v) is 6.97. The molecule has 0 saturated heterocycles. The van der Waals surface area contributed by atoms with Crippen molar-refractivity contribution in [2.75, 3.05) is 4.90 Å². The first kappa shape index (κ1) is 26.3. The summed E-state index contributed by atoms with van der Waals surface area (Å²) in [6, 6.07) is 18.0. The lowest BCUT2D eigenvalue weighted by molar-refractivity contribution is -0.141. The number of halogens is 4. The summed E-state index contributed by atoms with van der Waals surface area (Å²) >= 11 is 12.3. The lowest BCUT2D eigenvalue weighted by Crippen LogP contribution is -2.34. The molecule has 1 aliphatic heterocycles. The van der Waals surface area contributed by atoms with Crippen LogP contribution in [0.15, 0.2) is 77.0 Å². The van der Waals surface area contributed by atoms with E-state index in [2.05, 4.69) is 0 Å². The second-order valence-electron chi connectivity index (χ2n) is 8.38. The molecule has 6 nitrogen and oxygen atoms in total. The Balaban J connectivity index is 1.45. The number of rotatable bonds is 6. The highest BCUT2D eigenvalue weighted by atomic mass is 35.5. The summed E-state index contributed by atoms with van der Waals surface area (Å²) in [4.78, 5) is 26.2. The van der Waals surface area contributed by atoms with Gasteiger partial charge in [0, 0.05) is 6.08 Å². The van der Waals surface area contributed by atoms with E-state index in [9.17, 15) is 26.8 Å². The van der Waals surface area contributed by atoms with E-state index in [0.717, 1.165) is 33.9 Å². The van der Waals surface area contributed by atoms with Crippen molar-refractivity contribution in [1.29, 1.82) is 0 Å². The maximum atomic E-state index is 15.0. The van der Waals surface area contributed by atoms with Crippen LogP contribution >= 0.6 is 34.5 Å². The van der Waals surface area contributed by atoms with Gasteiger partial charge in [-0.2, -0.15) is 8.78 Å². The number of amides is 2. The molecule has 3 aromatic carbocycles. The summed E-state index contributed by atoms with van der Waals surface area (Å²) in [7, 11) is -4.26. The number of carbonyl (C=O) groups excluding carboxylic acids is 2. The largest absolute Gasteiger partial charge is 0.352 e. The van der Waals surface area contributed by atoms with Crippen LogP contribution in [0.2, 0.25) is 9.36 Å². The molecule has 194 valence electrons. The van der Waals surface area contributed by atoms with Gasteiger partial charge in [0.05, 0.1) is 22.8 Å². The highest BCUT2D eigenvalue weighted by Crippen LogP contribution is 2.47. The first-order chi connectivity index (χ1) is 18.0. The number of benzene rings is 3. The fourth-order valence-electron chi connectivity index (χ4n) is 4.15. The molecule has 0 saturated carbocycles. The molecule has 1 aromatic heterocycles. The number of sulfonamides is 1. The molecular formula is C26H16Cl2F2N2O4S2. The van der Waals surface area contributed by atoms with Crippen LogP contribution in [0.4, 0.5) is 14.5 Å². The van der Waals surface area contributed by atoms with Crippen LogP contribution in [0.3, 0.4) is 0 Å². The normalized spacial score (nSPS) is 14.8. The van der Waals surface area contributed by atoms with Gasteiger partial charge in [0.1, 0.15) is 8.55 Å². The molecule has 4 aromatic rings. The Hall–Kier alpha value is -3.31. The fraction of sp³-hybridized carbons (Fsp3) is 0.0769. The van der Waals surface area contributed by atoms with Crippen molar-refractivity contribution in [2.24, 2.45) is 0 Å². The number of alkyl halides is 2. The Morgan fingerprint density at radius 3 is 2.47 bits per heavy atom. The molecule has 0 unspecified atom stereocenters. The van der Waals surface area contributed by atoms with Crippen LogP contribution in [0.25, 0.3) is 16.8 Å². The average molecular weight is 593 g/mol. The van der Waals surface area contributed by atoms with E-state index in [4.69, 9.17) is 23.2 Å². The highest BCUT2D eigenvalue weighted by Gasteiger charge is 2.53. The van der Waals surface area contributed by atoms with Crippen LogP contribution in [-0.2, 0) is 32.1 Å². The van der Waals surface area contributed by atoms with Gasteiger partial charge in [-0.05, 0) is 40.1 Å². The molecule has 38 heavy (non-hydrogen) atoms. The van der Waals surface area contributed by atoms with Crippen LogP contribution in [-0.4, -0.2) is 20.2 Å². The zero-order valence-electron chi connectivity index (χ0n) is 19.1. The maximum absolute atomic E-state index is 15.0. The molecule has 0 fully saturated rings. The first-order valence-corrected chi connectivity index (χ1v) is 14.0. The summed E-state index contributed by atoms with van der Waals surface area (Å²) in [5.41, 5.74) is 0.223. The topological polar surface area (TPSA) is 83.6 Å². The molecule has 1 aliphatic rings. The standard InChI is InChI=1S/C26H16Cl2F2N2O4S2/c27-20-13-22(37-24(20)28)38(35,36)31-21(33)11-10-17-6-3-7-19-23(17)32(25(34)26(19,29)30)14-15-8-9-16-4-1-2-5-18(16)12-15/h1-13H,14H2,(H,31,33)/b11-10+. The molecule has 0 atom stereocenters. The minimum atomic E-state index is -4.26. The molecule has 5 rings (SSSR count). The van der Waals surface area contributed by atoms with Crippen LogP contribution in [0, 0.1) is 0 Å². The Morgan fingerprint density at radius 1 is 1.03 bits per heavy atom. The smallest absolute Gasteiger partial charge is 0.301 e. The number of fused-ring (bicyclic) bond motifs is 2. The van der Waals surface area contributed by atoms with Gasteiger partial charge in [-0.1, -0.05) is 77.8 Å². The number of anilines is 1. The summed E-state index contributed by atoms with van der Waals surface area (Å²) in [5, 5.41) is 1.88. The minimum Gasteiger partial charge on any atom is -0.301 e. The van der Waals surface area contributed by atoms with Crippen molar-refractivity contribution in [3.8, 4) is 0 Å². The molecule has 0 radical (unpaired) electrons. The zero-order valence-corrected chi connectivity index (χ0v) is 22.3. The predicted molar refractivity (Wildman–Crippen MR) is 144 cm³/mol. The molecular weight excluding hydrogens is 577 g/mol. The van der Waals surface area contributed by atoms with Crippen molar-refractivity contribution < 1.29 is 26.8 Å². The quantitative estimate of drug-likeness (QED) is 0.264. The van der Waals surface area contributed by atoms with Gasteiger partial charge in [-0.25, -0.2) is 13.1 Å². The Kier molecular flexibility index (Phi) is 6.77. The summed E-state index contributed by atoms with van der Waals surface area (Å²) in [5.74, 6) is -6.18. The number of para-hydroxylation sites is 1. The summed E-state index contributed by atoms with van der Waals surface area (Å²) < 4.78 is 56.5. The van der Waals surface area contributed by atoms with Crippen molar-refractivity contribution in [3.63, 3.8) is 0 Å². The first-order valence-electron chi connectivity index (χ1n) is 11.0. The van der Waals surface area contributed by atoms with E-state index in [1.807, 2.05) is 41.1 Å². The van der Waals surface area contributed by atoms with Gasteiger partial charge >= 0.3 is 11.8 Å². The Morgan fingerprint density at radius 2 is 1.76 bits per heavy atom. The molecule has 1 N–H and O–H groups in total. The van der Waals surface area contributed by atoms with Gasteiger partial charge in [0.15, 0.2) is 0 Å². The van der Waals surface area contributed by atoms with Crippen LogP contribution in [0.5, 0.6) is 0 Å². The van der Waals surface area contributed by atoms with Crippen molar-refractivity contribution in [1.82, 2.24) is 4.72 Å². The van der Waals surface area contributed by atoms with Gasteiger partial charge in [-0.15, -0.1) is 11.3 Å². The van der Waals surface area contributed by atoms with E-state index in [-0.39, 0.29) is 31.4 Å². The van der Waals surface area contributed by atoms with E-state index in [0.29, 0.717) is 16.9 Å². The van der Waals surface area contributed by atoms with Crippen molar-refractivity contribution in [2.45, 2.75) is 16.7 Å². The number of hydrogen-bond donors (Lipinski definition) is 1. The van der Waals surface area contributed by atoms with E-state index >= 15 is 0 Å². The van der Waals surface area contributed by atoms with Gasteiger partial charge in [0.25, 0.3) is 15.9 Å². The molecule has 12 heteroatoms. The predicted octanol–water partition coefficient (Wildman–Crippen LogP) is 6.37. The summed E-state index contributed by atoms with van der Waals surface area (Å²) in [6.45, 7) is -0.127. The minimum absolute atomic E-state index is 0.0250. The highest BCUT2D eigenvalue weighted by molar-refractivity contribution is 7.92. The van der Waals surface area contributed by atoms with Crippen molar-refractivity contribution in [3.05, 3.63) is 98.9 Å². The molecule has 0 spiro atoms. The molecule has 0 bridgehead atoms. The lowest BCUT2D eigenvalue weighted by Gasteiger charge is -2.19. The molecule has 2 heterocycles.